The van der Waals surface area contributed by atoms with E-state index in [1.54, 1.807) is 0 Å². The Morgan fingerprint density at radius 2 is 2.06 bits per heavy atom. The number of amides is 1. The molecule has 1 rings (SSSR count). The van der Waals surface area contributed by atoms with E-state index in [4.69, 9.17) is 5.11 Å². The monoisotopic (exact) mass is 256 g/mol. The van der Waals surface area contributed by atoms with Gasteiger partial charge in [-0.2, -0.15) is 0 Å². The van der Waals surface area contributed by atoms with E-state index in [0.717, 1.165) is 19.4 Å². The fourth-order valence-electron chi connectivity index (χ4n) is 2.87. The molecule has 0 aliphatic carbocycles. The lowest BCUT2D eigenvalue weighted by Gasteiger charge is -2.43. The summed E-state index contributed by atoms with van der Waals surface area (Å²) in [7, 11) is 0. The number of unbranched alkanes of at least 4 members (excludes halogenated alkanes) is 1. The van der Waals surface area contributed by atoms with Crippen LogP contribution in [-0.4, -0.2) is 41.8 Å². The van der Waals surface area contributed by atoms with Crippen molar-refractivity contribution in [1.82, 2.24) is 10.2 Å². The van der Waals surface area contributed by atoms with Crippen molar-refractivity contribution in [3.8, 4) is 0 Å². The smallest absolute Gasteiger partial charge is 0.404 e. The average molecular weight is 256 g/mol. The van der Waals surface area contributed by atoms with Gasteiger partial charge in [0.25, 0.3) is 0 Å². The molecule has 1 atom stereocenters. The van der Waals surface area contributed by atoms with Crippen molar-refractivity contribution >= 4 is 6.09 Å². The molecule has 1 saturated heterocycles. The molecule has 0 spiro atoms. The van der Waals surface area contributed by atoms with Crippen LogP contribution in [0.2, 0.25) is 0 Å². The van der Waals surface area contributed by atoms with Crippen LogP contribution in [0.4, 0.5) is 4.79 Å². The van der Waals surface area contributed by atoms with Gasteiger partial charge in [0.2, 0.25) is 0 Å². The van der Waals surface area contributed by atoms with Gasteiger partial charge in [-0.05, 0) is 44.2 Å². The second-order valence-corrected chi connectivity index (χ2v) is 6.35. The Labute approximate surface area is 111 Å². The van der Waals surface area contributed by atoms with Crippen LogP contribution in [-0.2, 0) is 0 Å². The molecule has 2 N–H and O–H groups in total. The lowest BCUT2D eigenvalue weighted by atomic mass is 9.80. The van der Waals surface area contributed by atoms with Crippen molar-refractivity contribution in [1.29, 1.82) is 0 Å². The van der Waals surface area contributed by atoms with E-state index in [0.29, 0.717) is 18.0 Å². The van der Waals surface area contributed by atoms with E-state index in [1.165, 1.54) is 25.8 Å². The number of nitrogens with zero attached hydrogens (tertiary/aromatic N) is 1. The molecule has 0 bridgehead atoms. The normalized spacial score (nSPS) is 21.8. The molecule has 106 valence electrons. The van der Waals surface area contributed by atoms with Gasteiger partial charge in [0, 0.05) is 12.6 Å². The summed E-state index contributed by atoms with van der Waals surface area (Å²) in [4.78, 5) is 12.9. The first-order chi connectivity index (χ1) is 8.41. The van der Waals surface area contributed by atoms with Crippen molar-refractivity contribution < 1.29 is 9.90 Å². The Morgan fingerprint density at radius 3 is 2.67 bits per heavy atom. The van der Waals surface area contributed by atoms with E-state index in [9.17, 15) is 4.79 Å². The van der Waals surface area contributed by atoms with Crippen LogP contribution in [0.3, 0.4) is 0 Å². The quantitative estimate of drug-likeness (QED) is 0.744. The van der Waals surface area contributed by atoms with Crippen LogP contribution >= 0.6 is 0 Å². The Balaban J connectivity index is 2.28. The van der Waals surface area contributed by atoms with Crippen LogP contribution in [0.15, 0.2) is 0 Å². The fraction of sp³-hybridized carbons (Fsp3) is 0.929. The summed E-state index contributed by atoms with van der Waals surface area (Å²) < 4.78 is 0. The summed E-state index contributed by atoms with van der Waals surface area (Å²) >= 11 is 0. The van der Waals surface area contributed by atoms with Gasteiger partial charge in [0.05, 0.1) is 0 Å². The number of hydrogen-bond donors (Lipinski definition) is 2. The number of piperidine rings is 1. The molecular weight excluding hydrogens is 228 g/mol. The Morgan fingerprint density at radius 1 is 1.33 bits per heavy atom. The van der Waals surface area contributed by atoms with E-state index in [-0.39, 0.29) is 0 Å². The van der Waals surface area contributed by atoms with Crippen molar-refractivity contribution in [2.45, 2.75) is 58.9 Å². The molecule has 1 heterocycles. The lowest BCUT2D eigenvalue weighted by molar-refractivity contribution is 0.0625. The fourth-order valence-corrected chi connectivity index (χ4v) is 2.87. The van der Waals surface area contributed by atoms with Crippen molar-refractivity contribution in [3.05, 3.63) is 0 Å². The van der Waals surface area contributed by atoms with Gasteiger partial charge < -0.3 is 10.4 Å². The first-order valence-corrected chi connectivity index (χ1v) is 7.12. The largest absolute Gasteiger partial charge is 0.465 e. The number of nitrogens with one attached hydrogen (secondary N) is 1. The van der Waals surface area contributed by atoms with Gasteiger partial charge in [-0.15, -0.1) is 0 Å². The van der Waals surface area contributed by atoms with Crippen molar-refractivity contribution in [2.75, 3.05) is 19.6 Å². The molecule has 0 aromatic carbocycles. The second kappa shape index (κ2) is 6.98. The zero-order valence-corrected chi connectivity index (χ0v) is 12.0. The van der Waals surface area contributed by atoms with Gasteiger partial charge in [-0.3, -0.25) is 4.90 Å². The summed E-state index contributed by atoms with van der Waals surface area (Å²) in [6, 6.07) is 0.679. The third-order valence-corrected chi connectivity index (χ3v) is 3.76. The second-order valence-electron chi connectivity index (χ2n) is 6.35. The maximum absolute atomic E-state index is 10.3. The summed E-state index contributed by atoms with van der Waals surface area (Å²) in [5.41, 5.74) is 0.347. The minimum absolute atomic E-state index is 0.347. The molecule has 18 heavy (non-hydrogen) atoms. The van der Waals surface area contributed by atoms with Crippen molar-refractivity contribution in [2.24, 2.45) is 5.41 Å². The molecule has 0 radical (unpaired) electrons. The number of hydrogen-bond acceptors (Lipinski definition) is 2. The predicted molar refractivity (Wildman–Crippen MR) is 73.9 cm³/mol. The Kier molecular flexibility index (Phi) is 5.93. The first-order valence-electron chi connectivity index (χ1n) is 7.12. The van der Waals surface area contributed by atoms with Gasteiger partial charge in [0.1, 0.15) is 0 Å². The van der Waals surface area contributed by atoms with Gasteiger partial charge in [-0.25, -0.2) is 4.79 Å². The van der Waals surface area contributed by atoms with Crippen LogP contribution in [0.25, 0.3) is 0 Å². The number of carboxylic acid groups (broad SMARTS) is 1. The number of likely N-dealkylation sites (tertiary alicyclic amines) is 1. The SMILES string of the molecule is CC(C)(C)C1CCCCN1CCCCNC(=O)O. The maximum atomic E-state index is 10.3. The molecule has 0 saturated carbocycles. The molecular formula is C14H28N2O2. The summed E-state index contributed by atoms with van der Waals surface area (Å²) in [6.45, 7) is 9.84. The van der Waals surface area contributed by atoms with E-state index < -0.39 is 6.09 Å². The topological polar surface area (TPSA) is 52.6 Å². The zero-order chi connectivity index (χ0) is 13.6. The standard InChI is InChI=1S/C14H28N2O2/c1-14(2,3)12-8-4-6-10-16(12)11-7-5-9-15-13(17)18/h12,15H,4-11H2,1-3H3,(H,17,18). The highest BCUT2D eigenvalue weighted by molar-refractivity contribution is 5.64. The molecule has 1 unspecified atom stereocenters. The van der Waals surface area contributed by atoms with Gasteiger partial charge in [0.15, 0.2) is 0 Å². The number of rotatable bonds is 5. The summed E-state index contributed by atoms with van der Waals surface area (Å²) in [6.07, 6.45) is 5.04. The Hall–Kier alpha value is -0.770. The molecule has 1 aliphatic rings. The summed E-state index contributed by atoms with van der Waals surface area (Å²) in [5, 5.41) is 10.9. The highest BCUT2D eigenvalue weighted by atomic mass is 16.4. The minimum Gasteiger partial charge on any atom is -0.465 e. The van der Waals surface area contributed by atoms with Gasteiger partial charge in [-0.1, -0.05) is 27.2 Å². The molecule has 1 aliphatic heterocycles. The third kappa shape index (κ3) is 5.25. The van der Waals surface area contributed by atoms with Gasteiger partial charge >= 0.3 is 6.09 Å². The average Bonchev–Trinajstić information content (AvgIpc) is 2.27. The molecule has 1 fully saturated rings. The lowest BCUT2D eigenvalue weighted by Crippen LogP contribution is -2.47. The highest BCUT2D eigenvalue weighted by Crippen LogP contribution is 2.31. The molecule has 0 aromatic rings. The molecule has 1 amide bonds. The third-order valence-electron chi connectivity index (χ3n) is 3.76. The first kappa shape index (κ1) is 15.3. The highest BCUT2D eigenvalue weighted by Gasteiger charge is 2.31. The maximum Gasteiger partial charge on any atom is 0.404 e. The van der Waals surface area contributed by atoms with E-state index in [1.807, 2.05) is 0 Å². The van der Waals surface area contributed by atoms with Crippen LogP contribution < -0.4 is 5.32 Å². The van der Waals surface area contributed by atoms with E-state index >= 15 is 0 Å². The molecule has 0 aromatic heterocycles. The zero-order valence-electron chi connectivity index (χ0n) is 12.0. The van der Waals surface area contributed by atoms with Crippen molar-refractivity contribution in [3.63, 3.8) is 0 Å². The number of carbonyl (C=O) groups is 1. The molecule has 4 nitrogen and oxygen atoms in total. The summed E-state index contributed by atoms with van der Waals surface area (Å²) in [5.74, 6) is 0. The predicted octanol–water partition coefficient (Wildman–Crippen LogP) is 2.93. The molecule has 4 heteroatoms. The van der Waals surface area contributed by atoms with Crippen LogP contribution in [0, 0.1) is 5.41 Å². The van der Waals surface area contributed by atoms with Crippen LogP contribution in [0.5, 0.6) is 0 Å². The van der Waals surface area contributed by atoms with E-state index in [2.05, 4.69) is 31.0 Å². The Bertz CT molecular complexity index is 261. The van der Waals surface area contributed by atoms with Crippen LogP contribution in [0.1, 0.15) is 52.9 Å². The minimum atomic E-state index is -0.916.